The Morgan fingerprint density at radius 3 is 2.26 bits per heavy atom. The summed E-state index contributed by atoms with van der Waals surface area (Å²) in [5, 5.41) is 0. The van der Waals surface area contributed by atoms with E-state index in [4.69, 9.17) is 5.73 Å². The number of hydrogen-bond acceptors (Lipinski definition) is 3. The van der Waals surface area contributed by atoms with E-state index < -0.39 is 0 Å². The molecule has 0 unspecified atom stereocenters. The van der Waals surface area contributed by atoms with E-state index in [1.165, 1.54) is 50.1 Å². The average Bonchev–Trinajstić information content (AvgIpc) is 2.48. The van der Waals surface area contributed by atoms with Gasteiger partial charge < -0.3 is 10.6 Å². The lowest BCUT2D eigenvalue weighted by Gasteiger charge is -2.36. The Kier molecular flexibility index (Phi) is 5.67. The molecule has 3 nitrogen and oxygen atoms in total. The summed E-state index contributed by atoms with van der Waals surface area (Å²) in [4.78, 5) is 5.08. The van der Waals surface area contributed by atoms with E-state index in [-0.39, 0.29) is 0 Å². The molecule has 2 N–H and O–H groups in total. The molecule has 0 aliphatic carbocycles. The van der Waals surface area contributed by atoms with E-state index >= 15 is 0 Å². The van der Waals surface area contributed by atoms with Gasteiger partial charge in [-0.25, -0.2) is 0 Å². The van der Waals surface area contributed by atoms with Crippen LogP contribution in [0.1, 0.15) is 31.7 Å². The van der Waals surface area contributed by atoms with Crippen LogP contribution in [0.2, 0.25) is 0 Å². The Morgan fingerprint density at radius 1 is 1.00 bits per heavy atom. The molecule has 0 aromatic heterocycles. The zero-order valence-electron chi connectivity index (χ0n) is 12.1. The van der Waals surface area contributed by atoms with Crippen LogP contribution in [0.25, 0.3) is 0 Å². The van der Waals surface area contributed by atoms with Crippen LogP contribution in [0.4, 0.5) is 5.69 Å². The number of piperazine rings is 1. The Morgan fingerprint density at radius 2 is 1.68 bits per heavy atom. The van der Waals surface area contributed by atoms with Crippen molar-refractivity contribution < 1.29 is 0 Å². The molecule has 0 radical (unpaired) electrons. The van der Waals surface area contributed by atoms with Crippen molar-refractivity contribution in [2.45, 2.75) is 32.7 Å². The molecule has 1 heterocycles. The molecule has 1 aromatic carbocycles. The first-order valence-electron chi connectivity index (χ1n) is 7.60. The smallest absolute Gasteiger partial charge is 0.0367 e. The molecule has 1 fully saturated rings. The van der Waals surface area contributed by atoms with Crippen LogP contribution < -0.4 is 10.6 Å². The lowest BCUT2D eigenvalue weighted by atomic mass is 10.1. The summed E-state index contributed by atoms with van der Waals surface area (Å²) in [6.07, 6.45) is 4.02. The van der Waals surface area contributed by atoms with Crippen LogP contribution in [-0.2, 0) is 6.54 Å². The van der Waals surface area contributed by atoms with Gasteiger partial charge in [-0.2, -0.15) is 0 Å². The number of rotatable bonds is 6. The molecule has 3 heteroatoms. The molecular formula is C16H27N3. The minimum absolute atomic E-state index is 0.630. The maximum Gasteiger partial charge on any atom is 0.0367 e. The fraction of sp³-hybridized carbons (Fsp3) is 0.625. The largest absolute Gasteiger partial charge is 0.369 e. The second-order valence-corrected chi connectivity index (χ2v) is 5.41. The summed E-state index contributed by atoms with van der Waals surface area (Å²) < 4.78 is 0. The van der Waals surface area contributed by atoms with E-state index in [0.717, 1.165) is 13.1 Å². The quantitative estimate of drug-likeness (QED) is 0.798. The Labute approximate surface area is 117 Å². The first-order chi connectivity index (χ1) is 9.33. The molecule has 2 rings (SSSR count). The summed E-state index contributed by atoms with van der Waals surface area (Å²) >= 11 is 0. The van der Waals surface area contributed by atoms with Crippen molar-refractivity contribution in [2.75, 3.05) is 37.6 Å². The lowest BCUT2D eigenvalue weighted by Crippen LogP contribution is -2.46. The van der Waals surface area contributed by atoms with E-state index in [9.17, 15) is 0 Å². The van der Waals surface area contributed by atoms with Gasteiger partial charge in [-0.3, -0.25) is 4.90 Å². The highest BCUT2D eigenvalue weighted by molar-refractivity contribution is 5.48. The third-order valence-electron chi connectivity index (χ3n) is 3.99. The standard InChI is InChI=1S/C16H27N3/c1-2-3-4-9-18-10-12-19(13-11-18)16-7-5-15(14-17)6-8-16/h5-8H,2-4,9-14,17H2,1H3. The van der Waals surface area contributed by atoms with Crippen LogP contribution in [0.5, 0.6) is 0 Å². The van der Waals surface area contributed by atoms with E-state index in [2.05, 4.69) is 41.0 Å². The van der Waals surface area contributed by atoms with Gasteiger partial charge in [0.25, 0.3) is 0 Å². The van der Waals surface area contributed by atoms with Gasteiger partial charge in [0.2, 0.25) is 0 Å². The van der Waals surface area contributed by atoms with Gasteiger partial charge >= 0.3 is 0 Å². The second-order valence-electron chi connectivity index (χ2n) is 5.41. The Bertz CT molecular complexity index is 353. The van der Waals surface area contributed by atoms with E-state index in [0.29, 0.717) is 6.54 Å². The molecule has 1 aromatic rings. The van der Waals surface area contributed by atoms with Crippen molar-refractivity contribution in [2.24, 2.45) is 5.73 Å². The predicted molar refractivity (Wildman–Crippen MR) is 82.5 cm³/mol. The molecule has 0 atom stereocenters. The maximum absolute atomic E-state index is 5.63. The zero-order chi connectivity index (χ0) is 13.5. The SMILES string of the molecule is CCCCCN1CCN(c2ccc(CN)cc2)CC1. The summed E-state index contributed by atoms with van der Waals surface area (Å²) in [6, 6.07) is 8.69. The first kappa shape index (κ1) is 14.4. The minimum atomic E-state index is 0.630. The molecule has 106 valence electrons. The minimum Gasteiger partial charge on any atom is -0.369 e. The topological polar surface area (TPSA) is 32.5 Å². The Balaban J connectivity index is 1.78. The second kappa shape index (κ2) is 7.51. The molecule has 1 saturated heterocycles. The Hall–Kier alpha value is -1.06. The molecule has 1 aliphatic rings. The number of hydrogen-bond donors (Lipinski definition) is 1. The molecule has 0 saturated carbocycles. The number of anilines is 1. The normalized spacial score (nSPS) is 16.8. The van der Waals surface area contributed by atoms with Crippen molar-refractivity contribution in [3.63, 3.8) is 0 Å². The summed E-state index contributed by atoms with van der Waals surface area (Å²) in [7, 11) is 0. The highest BCUT2D eigenvalue weighted by Crippen LogP contribution is 2.17. The highest BCUT2D eigenvalue weighted by Gasteiger charge is 2.16. The van der Waals surface area contributed by atoms with E-state index in [1.807, 2.05) is 0 Å². The molecular weight excluding hydrogens is 234 g/mol. The molecule has 0 spiro atoms. The van der Waals surface area contributed by atoms with Crippen LogP contribution in [0.3, 0.4) is 0 Å². The van der Waals surface area contributed by atoms with Crippen molar-refractivity contribution in [3.8, 4) is 0 Å². The van der Waals surface area contributed by atoms with Crippen molar-refractivity contribution >= 4 is 5.69 Å². The van der Waals surface area contributed by atoms with Crippen molar-refractivity contribution in [3.05, 3.63) is 29.8 Å². The lowest BCUT2D eigenvalue weighted by molar-refractivity contribution is 0.252. The van der Waals surface area contributed by atoms with Gasteiger partial charge in [0.15, 0.2) is 0 Å². The van der Waals surface area contributed by atoms with Crippen molar-refractivity contribution in [1.29, 1.82) is 0 Å². The monoisotopic (exact) mass is 261 g/mol. The van der Waals surface area contributed by atoms with Crippen LogP contribution in [0, 0.1) is 0 Å². The molecule has 19 heavy (non-hydrogen) atoms. The number of unbranched alkanes of at least 4 members (excludes halogenated alkanes) is 2. The van der Waals surface area contributed by atoms with Gasteiger partial charge in [-0.15, -0.1) is 0 Å². The third-order valence-corrected chi connectivity index (χ3v) is 3.99. The van der Waals surface area contributed by atoms with Gasteiger partial charge in [0.1, 0.15) is 0 Å². The van der Waals surface area contributed by atoms with Crippen LogP contribution in [-0.4, -0.2) is 37.6 Å². The number of nitrogens with two attached hydrogens (primary N) is 1. The van der Waals surface area contributed by atoms with Gasteiger partial charge in [0, 0.05) is 38.4 Å². The maximum atomic E-state index is 5.63. The zero-order valence-corrected chi connectivity index (χ0v) is 12.1. The van der Waals surface area contributed by atoms with E-state index in [1.54, 1.807) is 0 Å². The van der Waals surface area contributed by atoms with Gasteiger partial charge in [-0.05, 0) is 30.7 Å². The molecule has 1 aliphatic heterocycles. The third kappa shape index (κ3) is 4.22. The predicted octanol–water partition coefficient (Wildman–Crippen LogP) is 2.46. The number of nitrogens with zero attached hydrogens (tertiary/aromatic N) is 2. The number of benzene rings is 1. The summed E-state index contributed by atoms with van der Waals surface area (Å²) in [6.45, 7) is 8.86. The first-order valence-corrected chi connectivity index (χ1v) is 7.60. The van der Waals surface area contributed by atoms with Gasteiger partial charge in [-0.1, -0.05) is 31.9 Å². The summed E-state index contributed by atoms with van der Waals surface area (Å²) in [5.74, 6) is 0. The van der Waals surface area contributed by atoms with Crippen LogP contribution >= 0.6 is 0 Å². The average molecular weight is 261 g/mol. The fourth-order valence-electron chi connectivity index (χ4n) is 2.66. The van der Waals surface area contributed by atoms with Crippen molar-refractivity contribution in [1.82, 2.24) is 4.90 Å². The van der Waals surface area contributed by atoms with Crippen LogP contribution in [0.15, 0.2) is 24.3 Å². The fourth-order valence-corrected chi connectivity index (χ4v) is 2.66. The summed E-state index contributed by atoms with van der Waals surface area (Å²) in [5.41, 5.74) is 8.18. The van der Waals surface area contributed by atoms with Gasteiger partial charge in [0.05, 0.1) is 0 Å². The highest BCUT2D eigenvalue weighted by atomic mass is 15.3. The molecule has 0 amide bonds. The molecule has 0 bridgehead atoms.